The van der Waals surface area contributed by atoms with Crippen LogP contribution in [-0.4, -0.2) is 78.3 Å². The van der Waals surface area contributed by atoms with Gasteiger partial charge in [0.15, 0.2) is 5.82 Å². The van der Waals surface area contributed by atoms with Crippen molar-refractivity contribution in [1.82, 2.24) is 19.7 Å². The van der Waals surface area contributed by atoms with E-state index in [0.717, 1.165) is 51.1 Å². The number of rotatable bonds is 4. The number of fused-ring (bicyclic) bond motifs is 1. The van der Waals surface area contributed by atoms with Crippen LogP contribution < -0.4 is 10.2 Å². The molecule has 2 aliphatic heterocycles. The summed E-state index contributed by atoms with van der Waals surface area (Å²) >= 11 is 1.55. The van der Waals surface area contributed by atoms with Crippen molar-refractivity contribution in [2.75, 3.05) is 62.8 Å². The van der Waals surface area contributed by atoms with Gasteiger partial charge in [-0.05, 0) is 25.1 Å². The Bertz CT molecular complexity index is 1390. The molecule has 2 amide bonds. The Balaban J connectivity index is 1.36. The summed E-state index contributed by atoms with van der Waals surface area (Å²) in [6, 6.07) is 14.3. The Morgan fingerprint density at radius 3 is 2.56 bits per heavy atom. The molecule has 1 aromatic carbocycles. The molecule has 0 saturated carbocycles. The molecule has 9 nitrogen and oxygen atoms in total. The molecule has 0 atom stereocenters. The largest absolute Gasteiger partial charge is 0.378 e. The van der Waals surface area contributed by atoms with Crippen LogP contribution in [0.15, 0.2) is 48.7 Å². The summed E-state index contributed by atoms with van der Waals surface area (Å²) in [5, 5.41) is 8.67. The van der Waals surface area contributed by atoms with Crippen LogP contribution in [0.25, 0.3) is 27.3 Å². The molecule has 0 unspecified atom stereocenters. The Kier molecular flexibility index (Phi) is 6.30. The number of ether oxygens (including phenoxy) is 2. The number of morpholine rings is 2. The molecule has 2 fully saturated rings. The molecule has 0 aliphatic carbocycles. The fourth-order valence-electron chi connectivity index (χ4n) is 4.57. The number of aromatic nitrogens is 3. The van der Waals surface area contributed by atoms with Crippen molar-refractivity contribution in [1.29, 1.82) is 0 Å². The number of anilines is 2. The first kappa shape index (κ1) is 23.0. The lowest BCUT2D eigenvalue weighted by atomic mass is 10.1. The first-order valence-corrected chi connectivity index (χ1v) is 13.0. The molecule has 3 aromatic heterocycles. The fraction of sp³-hybridized carbons (Fsp3) is 0.346. The highest BCUT2D eigenvalue weighted by molar-refractivity contribution is 7.23. The van der Waals surface area contributed by atoms with Crippen LogP contribution in [0.1, 0.15) is 5.56 Å². The van der Waals surface area contributed by atoms with Gasteiger partial charge in [-0.2, -0.15) is 5.10 Å². The maximum atomic E-state index is 12.8. The number of nitrogens with one attached hydrogen (secondary N) is 1. The maximum Gasteiger partial charge on any atom is 0.322 e. The molecular weight excluding hydrogens is 476 g/mol. The summed E-state index contributed by atoms with van der Waals surface area (Å²) in [6.45, 7) is 7.40. The number of benzene rings is 1. The summed E-state index contributed by atoms with van der Waals surface area (Å²) < 4.78 is 13.8. The van der Waals surface area contributed by atoms with Crippen LogP contribution in [0.5, 0.6) is 0 Å². The average molecular weight is 505 g/mol. The smallest absolute Gasteiger partial charge is 0.322 e. The Morgan fingerprint density at radius 2 is 1.78 bits per heavy atom. The molecule has 0 radical (unpaired) electrons. The minimum absolute atomic E-state index is 0.104. The highest BCUT2D eigenvalue weighted by Crippen LogP contribution is 2.38. The van der Waals surface area contributed by atoms with Gasteiger partial charge < -0.3 is 19.3 Å². The highest BCUT2D eigenvalue weighted by Gasteiger charge is 2.21. The van der Waals surface area contributed by atoms with Crippen molar-refractivity contribution < 1.29 is 14.3 Å². The van der Waals surface area contributed by atoms with Crippen LogP contribution in [0, 0.1) is 6.92 Å². The van der Waals surface area contributed by atoms with E-state index < -0.39 is 0 Å². The van der Waals surface area contributed by atoms with Gasteiger partial charge >= 0.3 is 6.03 Å². The Labute approximate surface area is 213 Å². The van der Waals surface area contributed by atoms with Gasteiger partial charge in [-0.3, -0.25) is 5.32 Å². The van der Waals surface area contributed by atoms with Crippen LogP contribution in [0.4, 0.5) is 15.5 Å². The summed E-state index contributed by atoms with van der Waals surface area (Å²) in [5.41, 5.74) is 5.09. The third-order valence-corrected chi connectivity index (χ3v) is 7.53. The van der Waals surface area contributed by atoms with Gasteiger partial charge in [0.25, 0.3) is 0 Å². The third-order valence-electron chi connectivity index (χ3n) is 6.46. The SMILES string of the molecule is Cc1cccc(-c2ccn(-c3cc(N4CCOCC4)c4sc(NC(=O)N5CCOCC5)cc4n3)n2)c1. The van der Waals surface area contributed by atoms with Crippen LogP contribution in [-0.2, 0) is 9.47 Å². The predicted molar refractivity (Wildman–Crippen MR) is 141 cm³/mol. The quantitative estimate of drug-likeness (QED) is 0.449. The van der Waals surface area contributed by atoms with Crippen molar-refractivity contribution >= 4 is 38.3 Å². The van der Waals surface area contributed by atoms with Gasteiger partial charge in [0, 0.05) is 44.0 Å². The van der Waals surface area contributed by atoms with Gasteiger partial charge in [0.2, 0.25) is 0 Å². The van der Waals surface area contributed by atoms with E-state index in [4.69, 9.17) is 19.6 Å². The molecule has 2 aliphatic rings. The maximum absolute atomic E-state index is 12.8. The molecule has 4 aromatic rings. The van der Waals surface area contributed by atoms with E-state index in [2.05, 4.69) is 41.4 Å². The Hall–Kier alpha value is -3.47. The van der Waals surface area contributed by atoms with Gasteiger partial charge in [0.05, 0.1) is 53.0 Å². The molecular formula is C26H28N6O3S. The number of hydrogen-bond acceptors (Lipinski definition) is 7. The van der Waals surface area contributed by atoms with E-state index in [1.54, 1.807) is 16.2 Å². The van der Waals surface area contributed by atoms with Crippen molar-refractivity contribution in [3.05, 3.63) is 54.2 Å². The summed E-state index contributed by atoms with van der Waals surface area (Å²) in [7, 11) is 0. The number of thiophene rings is 1. The van der Waals surface area contributed by atoms with Crippen molar-refractivity contribution in [2.24, 2.45) is 0 Å². The van der Waals surface area contributed by atoms with E-state index in [-0.39, 0.29) is 6.03 Å². The molecule has 186 valence electrons. The number of carbonyl (C=O) groups excluding carboxylic acids is 1. The predicted octanol–water partition coefficient (Wildman–Crippen LogP) is 4.16. The standard InChI is InChI=1S/C26H28N6O3S/c1-18-3-2-4-19(15-18)20-5-6-32(29-20)23-17-22(30-7-11-34-12-8-30)25-21(27-23)16-24(36-25)28-26(33)31-9-13-35-14-10-31/h2-6,15-17H,7-14H2,1H3,(H,28,33). The summed E-state index contributed by atoms with van der Waals surface area (Å²) in [6.07, 6.45) is 1.95. The minimum Gasteiger partial charge on any atom is -0.378 e. The lowest BCUT2D eigenvalue weighted by Gasteiger charge is -2.29. The number of nitrogens with zero attached hydrogens (tertiary/aromatic N) is 5. The number of amides is 2. The van der Waals surface area contributed by atoms with Gasteiger partial charge in [0.1, 0.15) is 0 Å². The fourth-order valence-corrected chi connectivity index (χ4v) is 5.60. The van der Waals surface area contributed by atoms with E-state index in [9.17, 15) is 4.79 Å². The van der Waals surface area contributed by atoms with Crippen molar-refractivity contribution in [3.63, 3.8) is 0 Å². The zero-order valence-electron chi connectivity index (χ0n) is 20.1. The Morgan fingerprint density at radius 1 is 1.00 bits per heavy atom. The number of pyridine rings is 1. The van der Waals surface area contributed by atoms with Crippen molar-refractivity contribution in [3.8, 4) is 17.1 Å². The zero-order valence-corrected chi connectivity index (χ0v) is 21.0. The van der Waals surface area contributed by atoms with E-state index in [0.29, 0.717) is 39.5 Å². The van der Waals surface area contributed by atoms with Crippen molar-refractivity contribution in [2.45, 2.75) is 6.92 Å². The topological polar surface area (TPSA) is 84.8 Å². The molecule has 36 heavy (non-hydrogen) atoms. The van der Waals surface area contributed by atoms with E-state index in [1.165, 1.54) is 5.56 Å². The lowest BCUT2D eigenvalue weighted by Crippen LogP contribution is -2.42. The third kappa shape index (κ3) is 4.67. The highest BCUT2D eigenvalue weighted by atomic mass is 32.1. The number of carbonyl (C=O) groups is 1. The molecule has 10 heteroatoms. The normalized spacial score (nSPS) is 16.5. The first-order chi connectivity index (χ1) is 17.6. The minimum atomic E-state index is -0.104. The summed E-state index contributed by atoms with van der Waals surface area (Å²) in [4.78, 5) is 21.8. The zero-order chi connectivity index (χ0) is 24.5. The van der Waals surface area contributed by atoms with Gasteiger partial charge in [-0.25, -0.2) is 14.5 Å². The molecule has 6 rings (SSSR count). The lowest BCUT2D eigenvalue weighted by molar-refractivity contribution is 0.0565. The second-order valence-corrected chi connectivity index (χ2v) is 10.0. The van der Waals surface area contributed by atoms with Gasteiger partial charge in [-0.1, -0.05) is 23.8 Å². The molecule has 1 N–H and O–H groups in total. The van der Waals surface area contributed by atoms with Gasteiger partial charge in [-0.15, -0.1) is 11.3 Å². The second kappa shape index (κ2) is 9.88. The van der Waals surface area contributed by atoms with E-state index >= 15 is 0 Å². The number of aryl methyl sites for hydroxylation is 1. The first-order valence-electron chi connectivity index (χ1n) is 12.2. The number of hydrogen-bond donors (Lipinski definition) is 1. The number of urea groups is 1. The molecule has 0 spiro atoms. The molecule has 2 saturated heterocycles. The monoisotopic (exact) mass is 504 g/mol. The molecule has 0 bridgehead atoms. The second-order valence-electron chi connectivity index (χ2n) is 8.97. The van der Waals surface area contributed by atoms with Crippen LogP contribution in [0.2, 0.25) is 0 Å². The summed E-state index contributed by atoms with van der Waals surface area (Å²) in [5.74, 6) is 0.742. The molecule has 5 heterocycles. The van der Waals surface area contributed by atoms with Crippen LogP contribution in [0.3, 0.4) is 0 Å². The average Bonchev–Trinajstić information content (AvgIpc) is 3.56. The van der Waals surface area contributed by atoms with E-state index in [1.807, 2.05) is 29.1 Å². The van der Waals surface area contributed by atoms with Crippen LogP contribution >= 0.6 is 11.3 Å².